The van der Waals surface area contributed by atoms with Crippen molar-refractivity contribution in [1.29, 1.82) is 0 Å². The van der Waals surface area contributed by atoms with E-state index >= 15 is 0 Å². The summed E-state index contributed by atoms with van der Waals surface area (Å²) in [6, 6.07) is 3.66. The van der Waals surface area contributed by atoms with Crippen LogP contribution in [-0.4, -0.2) is 12.2 Å². The van der Waals surface area contributed by atoms with Crippen LogP contribution in [0, 0.1) is 6.92 Å². The highest BCUT2D eigenvalue weighted by Crippen LogP contribution is 2.36. The van der Waals surface area contributed by atoms with Gasteiger partial charge in [0.25, 0.3) is 0 Å². The molecule has 0 spiro atoms. The lowest BCUT2D eigenvalue weighted by atomic mass is 9.93. The molecule has 0 amide bonds. The lowest BCUT2D eigenvalue weighted by Crippen LogP contribution is -2.28. The second-order valence-electron chi connectivity index (χ2n) is 4.09. The van der Waals surface area contributed by atoms with E-state index < -0.39 is 5.54 Å². The fourth-order valence-electron chi connectivity index (χ4n) is 1.39. The summed E-state index contributed by atoms with van der Waals surface area (Å²) in [5.74, 6) is 0.601. The van der Waals surface area contributed by atoms with Crippen LogP contribution in [0.2, 0.25) is 0 Å². The van der Waals surface area contributed by atoms with E-state index in [1.165, 1.54) is 7.11 Å². The Morgan fingerprint density at radius 3 is 2.36 bits per heavy atom. The number of aryl methyl sites for hydroxylation is 1. The molecule has 0 bridgehead atoms. The van der Waals surface area contributed by atoms with Crippen LogP contribution in [0.4, 0.5) is 0 Å². The van der Waals surface area contributed by atoms with Gasteiger partial charge in [0.15, 0.2) is 11.5 Å². The van der Waals surface area contributed by atoms with Crippen molar-refractivity contribution in [3.8, 4) is 11.5 Å². The summed E-state index contributed by atoms with van der Waals surface area (Å²) in [5.41, 5.74) is 7.09. The van der Waals surface area contributed by atoms with Crippen molar-refractivity contribution in [2.45, 2.75) is 26.3 Å². The van der Waals surface area contributed by atoms with Gasteiger partial charge in [-0.1, -0.05) is 6.07 Å². The first-order valence-electron chi connectivity index (χ1n) is 4.53. The molecule has 1 aromatic carbocycles. The molecule has 0 radical (unpaired) electrons. The van der Waals surface area contributed by atoms with Crippen molar-refractivity contribution in [3.05, 3.63) is 23.3 Å². The summed E-state index contributed by atoms with van der Waals surface area (Å²) in [6.45, 7) is 5.64. The van der Waals surface area contributed by atoms with Crippen LogP contribution in [-0.2, 0) is 5.54 Å². The summed E-state index contributed by atoms with van der Waals surface area (Å²) in [6.07, 6.45) is 0. The van der Waals surface area contributed by atoms with Crippen molar-refractivity contribution >= 4 is 0 Å². The second kappa shape index (κ2) is 3.50. The van der Waals surface area contributed by atoms with E-state index in [0.717, 1.165) is 5.56 Å². The minimum atomic E-state index is -0.566. The molecule has 0 atom stereocenters. The zero-order valence-electron chi connectivity index (χ0n) is 9.09. The number of phenolic OH excluding ortho intramolecular Hbond substituents is 1. The molecule has 0 aliphatic rings. The van der Waals surface area contributed by atoms with Crippen LogP contribution in [0.3, 0.4) is 0 Å². The Balaban J connectivity index is 3.37. The van der Waals surface area contributed by atoms with Crippen molar-refractivity contribution in [2.75, 3.05) is 7.11 Å². The van der Waals surface area contributed by atoms with Crippen LogP contribution in [0.1, 0.15) is 25.0 Å². The number of nitrogens with two attached hydrogens (primary N) is 1. The Morgan fingerprint density at radius 2 is 1.93 bits per heavy atom. The predicted molar refractivity (Wildman–Crippen MR) is 56.6 cm³/mol. The van der Waals surface area contributed by atoms with E-state index in [1.807, 2.05) is 26.8 Å². The number of phenols is 1. The number of ether oxygens (including phenoxy) is 1. The number of hydrogen-bond acceptors (Lipinski definition) is 3. The van der Waals surface area contributed by atoms with E-state index in [2.05, 4.69) is 0 Å². The van der Waals surface area contributed by atoms with Crippen LogP contribution in [0.15, 0.2) is 12.1 Å². The number of benzene rings is 1. The Morgan fingerprint density at radius 1 is 1.36 bits per heavy atom. The SMILES string of the molecule is COc1cc(C)cc(C(C)(C)N)c1O. The van der Waals surface area contributed by atoms with Gasteiger partial charge in [-0.15, -0.1) is 0 Å². The molecule has 1 rings (SSSR count). The van der Waals surface area contributed by atoms with Crippen LogP contribution in [0.25, 0.3) is 0 Å². The first-order valence-corrected chi connectivity index (χ1v) is 4.53. The fourth-order valence-corrected chi connectivity index (χ4v) is 1.39. The molecule has 0 unspecified atom stereocenters. The molecule has 0 saturated heterocycles. The molecule has 3 N–H and O–H groups in total. The van der Waals surface area contributed by atoms with Gasteiger partial charge in [-0.25, -0.2) is 0 Å². The Kier molecular flexibility index (Phi) is 2.71. The maximum Gasteiger partial charge on any atom is 0.162 e. The Labute approximate surface area is 84.5 Å². The first-order chi connectivity index (χ1) is 6.36. The summed E-state index contributed by atoms with van der Waals surface area (Å²) < 4.78 is 5.06. The molecule has 14 heavy (non-hydrogen) atoms. The van der Waals surface area contributed by atoms with Crippen molar-refractivity contribution in [2.24, 2.45) is 5.73 Å². The monoisotopic (exact) mass is 195 g/mol. The van der Waals surface area contributed by atoms with Crippen molar-refractivity contribution < 1.29 is 9.84 Å². The highest BCUT2D eigenvalue weighted by molar-refractivity contribution is 5.50. The molecule has 0 saturated carbocycles. The van der Waals surface area contributed by atoms with E-state index in [4.69, 9.17) is 10.5 Å². The molecular formula is C11H17NO2. The molecule has 1 aromatic rings. The normalized spacial score (nSPS) is 11.5. The lowest BCUT2D eigenvalue weighted by molar-refractivity contribution is 0.362. The van der Waals surface area contributed by atoms with Crippen LogP contribution < -0.4 is 10.5 Å². The van der Waals surface area contributed by atoms with E-state index in [1.54, 1.807) is 6.07 Å². The number of aromatic hydroxyl groups is 1. The van der Waals surface area contributed by atoms with Gasteiger partial charge in [0.2, 0.25) is 0 Å². The van der Waals surface area contributed by atoms with Gasteiger partial charge >= 0.3 is 0 Å². The van der Waals surface area contributed by atoms with Gasteiger partial charge in [-0.05, 0) is 32.4 Å². The van der Waals surface area contributed by atoms with E-state index in [-0.39, 0.29) is 5.75 Å². The summed E-state index contributed by atoms with van der Waals surface area (Å²) in [7, 11) is 1.53. The van der Waals surface area contributed by atoms with Gasteiger partial charge in [0.1, 0.15) is 0 Å². The minimum absolute atomic E-state index is 0.130. The highest BCUT2D eigenvalue weighted by Gasteiger charge is 2.21. The Bertz CT molecular complexity index is 340. The summed E-state index contributed by atoms with van der Waals surface area (Å²) in [4.78, 5) is 0. The van der Waals surface area contributed by atoms with Crippen LogP contribution in [0.5, 0.6) is 11.5 Å². The quantitative estimate of drug-likeness (QED) is 0.757. The molecule has 0 aliphatic carbocycles. The topological polar surface area (TPSA) is 55.5 Å². The van der Waals surface area contributed by atoms with Gasteiger partial charge in [0.05, 0.1) is 7.11 Å². The average Bonchev–Trinajstić information content (AvgIpc) is 2.06. The van der Waals surface area contributed by atoms with Gasteiger partial charge in [0, 0.05) is 11.1 Å². The van der Waals surface area contributed by atoms with Crippen molar-refractivity contribution in [3.63, 3.8) is 0 Å². The van der Waals surface area contributed by atoms with Gasteiger partial charge < -0.3 is 15.6 Å². The zero-order chi connectivity index (χ0) is 10.9. The molecule has 0 aliphatic heterocycles. The number of hydrogen-bond donors (Lipinski definition) is 2. The third-order valence-corrected chi connectivity index (χ3v) is 2.13. The molecule has 78 valence electrons. The maximum absolute atomic E-state index is 9.84. The fraction of sp³-hybridized carbons (Fsp3) is 0.455. The molecular weight excluding hydrogens is 178 g/mol. The third-order valence-electron chi connectivity index (χ3n) is 2.13. The second-order valence-corrected chi connectivity index (χ2v) is 4.09. The van der Waals surface area contributed by atoms with E-state index in [0.29, 0.717) is 11.3 Å². The van der Waals surface area contributed by atoms with Gasteiger partial charge in [-0.2, -0.15) is 0 Å². The lowest BCUT2D eigenvalue weighted by Gasteiger charge is -2.22. The molecule has 0 aromatic heterocycles. The molecule has 3 nitrogen and oxygen atoms in total. The summed E-state index contributed by atoms with van der Waals surface area (Å²) in [5, 5.41) is 9.84. The van der Waals surface area contributed by atoms with Crippen LogP contribution >= 0.6 is 0 Å². The summed E-state index contributed by atoms with van der Waals surface area (Å²) >= 11 is 0. The molecule has 0 fully saturated rings. The minimum Gasteiger partial charge on any atom is -0.504 e. The molecule has 0 heterocycles. The van der Waals surface area contributed by atoms with Gasteiger partial charge in [-0.3, -0.25) is 0 Å². The first kappa shape index (κ1) is 10.9. The average molecular weight is 195 g/mol. The standard InChI is InChI=1S/C11H17NO2/c1-7-5-8(11(2,3)12)10(13)9(6-7)14-4/h5-6,13H,12H2,1-4H3. The highest BCUT2D eigenvalue weighted by atomic mass is 16.5. The van der Waals surface area contributed by atoms with Crippen molar-refractivity contribution in [1.82, 2.24) is 0 Å². The number of methoxy groups -OCH3 is 1. The Hall–Kier alpha value is -1.22. The predicted octanol–water partition coefficient (Wildman–Crippen LogP) is 1.90. The number of rotatable bonds is 2. The van der Waals surface area contributed by atoms with E-state index in [9.17, 15) is 5.11 Å². The smallest absolute Gasteiger partial charge is 0.162 e. The maximum atomic E-state index is 9.84. The zero-order valence-corrected chi connectivity index (χ0v) is 9.09. The molecule has 3 heteroatoms. The largest absolute Gasteiger partial charge is 0.504 e. The third kappa shape index (κ3) is 1.99.